The number of carboxylic acid groups (broad SMARTS) is 1. The number of benzene rings is 3. The number of anilines is 1. The maximum Gasteiger partial charge on any atom is 0.407 e. The molecule has 0 bridgehead atoms. The van der Waals surface area contributed by atoms with Gasteiger partial charge >= 0.3 is 12.1 Å². The lowest BCUT2D eigenvalue weighted by atomic mass is 9.98. The van der Waals surface area contributed by atoms with Gasteiger partial charge in [-0.05, 0) is 46.9 Å². The Morgan fingerprint density at radius 2 is 1.63 bits per heavy atom. The minimum absolute atomic E-state index is 0.0234. The molecule has 0 saturated heterocycles. The number of aromatic carboxylic acids is 1. The van der Waals surface area contributed by atoms with Crippen molar-refractivity contribution in [1.29, 1.82) is 0 Å². The van der Waals surface area contributed by atoms with Gasteiger partial charge in [-0.1, -0.05) is 71.4 Å². The van der Waals surface area contributed by atoms with Gasteiger partial charge in [0.25, 0.3) is 0 Å². The molecule has 8 heteroatoms. The van der Waals surface area contributed by atoms with Gasteiger partial charge in [0, 0.05) is 28.5 Å². The minimum atomic E-state index is -1.09. The van der Waals surface area contributed by atoms with Crippen LogP contribution in [0.1, 0.15) is 47.2 Å². The van der Waals surface area contributed by atoms with E-state index in [1.54, 1.807) is 6.07 Å². The van der Waals surface area contributed by atoms with Gasteiger partial charge in [0.2, 0.25) is 5.91 Å². The number of carboxylic acids is 1. The van der Waals surface area contributed by atoms with Crippen LogP contribution in [0.15, 0.2) is 71.2 Å². The van der Waals surface area contributed by atoms with Crippen LogP contribution in [0, 0.1) is 0 Å². The zero-order valence-electron chi connectivity index (χ0n) is 19.1. The monoisotopic (exact) mass is 536 g/mol. The molecule has 4 rings (SSSR count). The number of alkyl carbamates (subject to hydrolysis) is 1. The van der Waals surface area contributed by atoms with Gasteiger partial charge < -0.3 is 20.5 Å². The van der Waals surface area contributed by atoms with Crippen molar-refractivity contribution in [3.8, 4) is 11.1 Å². The largest absolute Gasteiger partial charge is 0.478 e. The fourth-order valence-corrected chi connectivity index (χ4v) is 4.82. The van der Waals surface area contributed by atoms with Crippen molar-refractivity contribution in [3.05, 3.63) is 87.9 Å². The lowest BCUT2D eigenvalue weighted by molar-refractivity contribution is -0.116. The van der Waals surface area contributed by atoms with Gasteiger partial charge in [-0.2, -0.15) is 0 Å². The molecule has 7 nitrogen and oxygen atoms in total. The lowest BCUT2D eigenvalue weighted by Crippen LogP contribution is -2.38. The molecule has 180 valence electrons. The summed E-state index contributed by atoms with van der Waals surface area (Å²) in [6.45, 7) is 2.06. The summed E-state index contributed by atoms with van der Waals surface area (Å²) in [6, 6.07) is 20.2. The van der Waals surface area contributed by atoms with E-state index in [1.807, 2.05) is 31.2 Å². The standard InChI is InChI=1S/C27H25BrN2O5/c1-2-18(14-25(31)29-19-12-16(26(32)33)11-17(28)13-19)30-27(34)35-15-24-22-9-5-3-7-20(22)21-8-4-6-10-23(21)24/h3-13,18,24H,2,14-15H2,1H3,(H,29,31)(H,30,34)(H,32,33)/t18-/m0/s1. The van der Waals surface area contributed by atoms with E-state index in [1.165, 1.54) is 12.1 Å². The van der Waals surface area contributed by atoms with Crippen molar-refractivity contribution in [2.75, 3.05) is 11.9 Å². The summed E-state index contributed by atoms with van der Waals surface area (Å²) in [5.41, 5.74) is 4.97. The number of fused-ring (bicyclic) bond motifs is 3. The summed E-state index contributed by atoms with van der Waals surface area (Å²) < 4.78 is 6.11. The zero-order valence-corrected chi connectivity index (χ0v) is 20.7. The van der Waals surface area contributed by atoms with Crippen LogP contribution in [-0.4, -0.2) is 35.7 Å². The van der Waals surface area contributed by atoms with Crippen molar-refractivity contribution in [3.63, 3.8) is 0 Å². The van der Waals surface area contributed by atoms with E-state index < -0.39 is 18.1 Å². The predicted molar refractivity (Wildman–Crippen MR) is 137 cm³/mol. The molecule has 3 aromatic rings. The second-order valence-corrected chi connectivity index (χ2v) is 9.28. The highest BCUT2D eigenvalue weighted by Crippen LogP contribution is 2.44. The third-order valence-electron chi connectivity index (χ3n) is 6.02. The number of amides is 2. The number of hydrogen-bond acceptors (Lipinski definition) is 4. The molecule has 0 heterocycles. The van der Waals surface area contributed by atoms with Gasteiger partial charge in [0.1, 0.15) is 6.61 Å². The van der Waals surface area contributed by atoms with Gasteiger partial charge in [0.15, 0.2) is 0 Å². The van der Waals surface area contributed by atoms with Crippen LogP contribution in [0.2, 0.25) is 0 Å². The van der Waals surface area contributed by atoms with Crippen LogP contribution < -0.4 is 10.6 Å². The normalized spacial score (nSPS) is 12.9. The fourth-order valence-electron chi connectivity index (χ4n) is 4.33. The van der Waals surface area contributed by atoms with Crippen molar-refractivity contribution < 1.29 is 24.2 Å². The Balaban J connectivity index is 1.34. The molecule has 0 aliphatic heterocycles. The van der Waals surface area contributed by atoms with Crippen LogP contribution >= 0.6 is 15.9 Å². The Bertz CT molecular complexity index is 1230. The molecule has 0 saturated carbocycles. The van der Waals surface area contributed by atoms with Crippen LogP contribution in [0.4, 0.5) is 10.5 Å². The van der Waals surface area contributed by atoms with Gasteiger partial charge in [-0.15, -0.1) is 0 Å². The number of hydrogen-bond donors (Lipinski definition) is 3. The summed E-state index contributed by atoms with van der Waals surface area (Å²) >= 11 is 3.25. The topological polar surface area (TPSA) is 105 Å². The first-order chi connectivity index (χ1) is 16.9. The third-order valence-corrected chi connectivity index (χ3v) is 6.48. The third kappa shape index (κ3) is 5.71. The van der Waals surface area contributed by atoms with E-state index in [0.717, 1.165) is 22.3 Å². The summed E-state index contributed by atoms with van der Waals surface area (Å²) in [6.07, 6.45) is -0.0337. The highest BCUT2D eigenvalue weighted by atomic mass is 79.9. The van der Waals surface area contributed by atoms with Crippen molar-refractivity contribution in [2.24, 2.45) is 0 Å². The smallest absolute Gasteiger partial charge is 0.407 e. The zero-order chi connectivity index (χ0) is 24.9. The minimum Gasteiger partial charge on any atom is -0.478 e. The summed E-state index contributed by atoms with van der Waals surface area (Å²) in [5.74, 6) is -1.48. The molecule has 0 unspecified atom stereocenters. The maximum absolute atomic E-state index is 12.6. The van der Waals surface area contributed by atoms with Crippen LogP contribution in [0.25, 0.3) is 11.1 Å². The van der Waals surface area contributed by atoms with E-state index in [4.69, 9.17) is 4.74 Å². The number of halogens is 1. The summed E-state index contributed by atoms with van der Waals surface area (Å²) in [4.78, 5) is 36.3. The highest BCUT2D eigenvalue weighted by molar-refractivity contribution is 9.10. The first-order valence-corrected chi connectivity index (χ1v) is 12.1. The van der Waals surface area contributed by atoms with Crippen LogP contribution in [0.3, 0.4) is 0 Å². The Kier molecular flexibility index (Phi) is 7.51. The molecule has 2 amide bonds. The first-order valence-electron chi connectivity index (χ1n) is 11.3. The van der Waals surface area contributed by atoms with Crippen molar-refractivity contribution in [1.82, 2.24) is 5.32 Å². The molecular formula is C27H25BrN2O5. The second kappa shape index (κ2) is 10.7. The Morgan fingerprint density at radius 3 is 2.23 bits per heavy atom. The molecule has 0 radical (unpaired) electrons. The molecular weight excluding hydrogens is 512 g/mol. The molecule has 0 aromatic heterocycles. The summed E-state index contributed by atoms with van der Waals surface area (Å²) in [7, 11) is 0. The molecule has 1 aliphatic carbocycles. The highest BCUT2D eigenvalue weighted by Gasteiger charge is 2.29. The van der Waals surface area contributed by atoms with Gasteiger partial charge in [-0.3, -0.25) is 4.79 Å². The Morgan fingerprint density at radius 1 is 1.00 bits per heavy atom. The van der Waals surface area contributed by atoms with Crippen molar-refractivity contribution in [2.45, 2.75) is 31.7 Å². The van der Waals surface area contributed by atoms with E-state index in [0.29, 0.717) is 16.6 Å². The molecule has 0 spiro atoms. The van der Waals surface area contributed by atoms with Crippen LogP contribution in [0.5, 0.6) is 0 Å². The average Bonchev–Trinajstić information content (AvgIpc) is 3.15. The van der Waals surface area contributed by atoms with E-state index in [-0.39, 0.29) is 30.4 Å². The molecule has 3 aromatic carbocycles. The first kappa shape index (κ1) is 24.5. The fraction of sp³-hybridized carbons (Fsp3) is 0.222. The summed E-state index contributed by atoms with van der Waals surface area (Å²) in [5, 5.41) is 14.7. The maximum atomic E-state index is 12.6. The van der Waals surface area contributed by atoms with Crippen LogP contribution in [-0.2, 0) is 9.53 Å². The molecule has 1 aliphatic rings. The number of ether oxygens (including phenoxy) is 1. The second-order valence-electron chi connectivity index (χ2n) is 8.36. The van der Waals surface area contributed by atoms with Gasteiger partial charge in [-0.25, -0.2) is 9.59 Å². The van der Waals surface area contributed by atoms with E-state index in [9.17, 15) is 19.5 Å². The Hall–Kier alpha value is -3.65. The molecule has 0 fully saturated rings. The van der Waals surface area contributed by atoms with Crippen molar-refractivity contribution >= 4 is 39.6 Å². The Labute approximate surface area is 211 Å². The average molecular weight is 537 g/mol. The molecule has 1 atom stereocenters. The quantitative estimate of drug-likeness (QED) is 0.337. The van der Waals surface area contributed by atoms with Gasteiger partial charge in [0.05, 0.1) is 5.56 Å². The SMILES string of the molecule is CC[C@@H](CC(=O)Nc1cc(Br)cc(C(=O)O)c1)NC(=O)OCC1c2ccccc2-c2ccccc21. The molecule has 35 heavy (non-hydrogen) atoms. The lowest BCUT2D eigenvalue weighted by Gasteiger charge is -2.19. The van der Waals surface area contributed by atoms with E-state index >= 15 is 0 Å². The number of rotatable bonds is 8. The van der Waals surface area contributed by atoms with E-state index in [2.05, 4.69) is 50.8 Å². The predicted octanol–water partition coefficient (Wildman–Crippen LogP) is 5.79. The number of carbonyl (C=O) groups is 3. The molecule has 3 N–H and O–H groups in total. The number of nitrogens with one attached hydrogen (secondary N) is 2. The number of carbonyl (C=O) groups excluding carboxylic acids is 2.